The van der Waals surface area contributed by atoms with E-state index in [1.165, 1.54) is 6.92 Å². The van der Waals surface area contributed by atoms with Crippen LogP contribution >= 0.6 is 15.9 Å². The topological polar surface area (TPSA) is 117 Å². The van der Waals surface area contributed by atoms with E-state index in [0.717, 1.165) is 5.56 Å². The molecular weight excluding hydrogens is 342 g/mol. The molecule has 0 fully saturated rings. The number of nitrogens with two attached hydrogens (primary N) is 2. The van der Waals surface area contributed by atoms with Crippen molar-refractivity contribution in [1.29, 1.82) is 0 Å². The molecule has 7 nitrogen and oxygen atoms in total. The first-order valence-electron chi connectivity index (χ1n) is 6.31. The highest BCUT2D eigenvalue weighted by atomic mass is 79.9. The predicted octanol–water partition coefficient (Wildman–Crippen LogP) is 1.27. The second kappa shape index (κ2) is 7.84. The summed E-state index contributed by atoms with van der Waals surface area (Å²) in [4.78, 5) is 22.3. The maximum absolute atomic E-state index is 11.6. The molecule has 0 heterocycles. The molecule has 21 heavy (non-hydrogen) atoms. The van der Waals surface area contributed by atoms with Gasteiger partial charge in [0.05, 0.1) is 11.1 Å². The monoisotopic (exact) mass is 359 g/mol. The van der Waals surface area contributed by atoms with Crippen LogP contribution in [0.5, 0.6) is 11.5 Å². The van der Waals surface area contributed by atoms with Crippen molar-refractivity contribution in [2.24, 2.45) is 11.5 Å². The van der Waals surface area contributed by atoms with E-state index in [4.69, 9.17) is 20.9 Å². The Hall–Kier alpha value is -1.80. The van der Waals surface area contributed by atoms with E-state index in [1.807, 2.05) is 12.2 Å². The first-order valence-corrected chi connectivity index (χ1v) is 7.10. The fourth-order valence-electron chi connectivity index (χ4n) is 1.57. The van der Waals surface area contributed by atoms with Gasteiger partial charge in [0.2, 0.25) is 0 Å². The van der Waals surface area contributed by atoms with Gasteiger partial charge in [0.15, 0.2) is 17.6 Å². The molecule has 8 heteroatoms. The van der Waals surface area contributed by atoms with Crippen molar-refractivity contribution >= 4 is 27.9 Å². The molecule has 0 bridgehead atoms. The van der Waals surface area contributed by atoms with Gasteiger partial charge in [-0.3, -0.25) is 10.1 Å². The number of carbonyl (C=O) groups is 2. The van der Waals surface area contributed by atoms with Crippen LogP contribution in [0.1, 0.15) is 19.4 Å². The molecule has 1 rings (SSSR count). The number of nitrogens with one attached hydrogen (secondary N) is 1. The number of carbonyl (C=O) groups excluding carboxylic acids is 2. The number of hydrogen-bond donors (Lipinski definition) is 3. The van der Waals surface area contributed by atoms with E-state index >= 15 is 0 Å². The van der Waals surface area contributed by atoms with Crippen LogP contribution in [0.25, 0.3) is 0 Å². The van der Waals surface area contributed by atoms with E-state index in [0.29, 0.717) is 29.1 Å². The molecule has 1 aromatic carbocycles. The predicted molar refractivity (Wildman–Crippen MR) is 81.0 cm³/mol. The summed E-state index contributed by atoms with van der Waals surface area (Å²) in [5.41, 5.74) is 11.4. The lowest BCUT2D eigenvalue weighted by Gasteiger charge is -2.18. The summed E-state index contributed by atoms with van der Waals surface area (Å²) in [5.74, 6) is 0.187. The van der Waals surface area contributed by atoms with Crippen molar-refractivity contribution in [1.82, 2.24) is 5.32 Å². The third kappa shape index (κ3) is 4.91. The van der Waals surface area contributed by atoms with E-state index in [-0.39, 0.29) is 0 Å². The Labute approximate surface area is 131 Å². The molecule has 0 aliphatic heterocycles. The molecule has 5 N–H and O–H groups in total. The SMILES string of the molecule is CCOc1cc(CN)cc(Br)c1OC(C)C(=O)NC(N)=O. The fraction of sp³-hybridized carbons (Fsp3) is 0.385. The van der Waals surface area contributed by atoms with Crippen molar-refractivity contribution in [3.63, 3.8) is 0 Å². The molecule has 3 amide bonds. The molecule has 116 valence electrons. The number of imide groups is 1. The minimum absolute atomic E-state index is 0.344. The highest BCUT2D eigenvalue weighted by molar-refractivity contribution is 9.10. The zero-order valence-corrected chi connectivity index (χ0v) is 13.4. The molecule has 0 aliphatic carbocycles. The summed E-state index contributed by atoms with van der Waals surface area (Å²) >= 11 is 3.35. The summed E-state index contributed by atoms with van der Waals surface area (Å²) in [6.45, 7) is 4.10. The largest absolute Gasteiger partial charge is 0.490 e. The van der Waals surface area contributed by atoms with Gasteiger partial charge in [-0.2, -0.15) is 0 Å². The average Bonchev–Trinajstić information content (AvgIpc) is 2.41. The van der Waals surface area contributed by atoms with Crippen LogP contribution in [0.15, 0.2) is 16.6 Å². The van der Waals surface area contributed by atoms with Gasteiger partial charge in [-0.15, -0.1) is 0 Å². The lowest BCUT2D eigenvalue weighted by molar-refractivity contribution is -0.126. The standard InChI is InChI=1S/C13H18BrN3O4/c1-3-20-10-5-8(6-15)4-9(14)11(10)21-7(2)12(18)17-13(16)19/h4-5,7H,3,6,15H2,1-2H3,(H3,16,17,18,19). The quantitative estimate of drug-likeness (QED) is 0.706. The Bertz CT molecular complexity index is 536. The van der Waals surface area contributed by atoms with E-state index < -0.39 is 18.0 Å². The number of rotatable bonds is 6. The minimum Gasteiger partial charge on any atom is -0.490 e. The number of halogens is 1. The zero-order valence-electron chi connectivity index (χ0n) is 11.8. The van der Waals surface area contributed by atoms with Crippen molar-refractivity contribution in [2.45, 2.75) is 26.5 Å². The molecule has 0 aliphatic rings. The summed E-state index contributed by atoms with van der Waals surface area (Å²) in [6, 6.07) is 2.58. The smallest absolute Gasteiger partial charge is 0.318 e. The summed E-state index contributed by atoms with van der Waals surface area (Å²) in [7, 11) is 0. The molecule has 1 aromatic rings. The van der Waals surface area contributed by atoms with Crippen molar-refractivity contribution in [3.8, 4) is 11.5 Å². The van der Waals surface area contributed by atoms with E-state index in [9.17, 15) is 9.59 Å². The Kier molecular flexibility index (Phi) is 6.44. The maximum atomic E-state index is 11.6. The van der Waals surface area contributed by atoms with Crippen molar-refractivity contribution in [3.05, 3.63) is 22.2 Å². The van der Waals surface area contributed by atoms with Crippen LogP contribution in [-0.4, -0.2) is 24.6 Å². The molecule has 0 spiro atoms. The van der Waals surface area contributed by atoms with Gasteiger partial charge in [-0.1, -0.05) is 0 Å². The Morgan fingerprint density at radius 2 is 2.10 bits per heavy atom. The number of urea groups is 1. The second-order valence-corrected chi connectivity index (χ2v) is 5.01. The number of benzene rings is 1. The lowest BCUT2D eigenvalue weighted by atomic mass is 10.2. The number of primary amides is 1. The molecular formula is C13H18BrN3O4. The van der Waals surface area contributed by atoms with Crippen molar-refractivity contribution < 1.29 is 19.1 Å². The lowest BCUT2D eigenvalue weighted by Crippen LogP contribution is -2.42. The van der Waals surface area contributed by atoms with Crippen LogP contribution in [0.2, 0.25) is 0 Å². The fourth-order valence-corrected chi connectivity index (χ4v) is 2.15. The van der Waals surface area contributed by atoms with Gasteiger partial charge < -0.3 is 20.9 Å². The minimum atomic E-state index is -0.932. The Balaban J connectivity index is 3.00. The Morgan fingerprint density at radius 3 is 2.62 bits per heavy atom. The molecule has 1 unspecified atom stereocenters. The number of amides is 3. The Morgan fingerprint density at radius 1 is 1.43 bits per heavy atom. The van der Waals surface area contributed by atoms with Crippen molar-refractivity contribution in [2.75, 3.05) is 6.61 Å². The van der Waals surface area contributed by atoms with E-state index in [2.05, 4.69) is 15.9 Å². The van der Waals surface area contributed by atoms with Gasteiger partial charge in [-0.05, 0) is 47.5 Å². The molecule has 0 aromatic heterocycles. The first kappa shape index (κ1) is 17.3. The molecule has 0 saturated heterocycles. The van der Waals surface area contributed by atoms with Gasteiger partial charge >= 0.3 is 6.03 Å². The highest BCUT2D eigenvalue weighted by Gasteiger charge is 2.20. The van der Waals surface area contributed by atoms with Gasteiger partial charge in [0, 0.05) is 6.54 Å². The van der Waals surface area contributed by atoms with Crippen LogP contribution < -0.4 is 26.3 Å². The van der Waals surface area contributed by atoms with Gasteiger partial charge in [0.1, 0.15) is 0 Å². The highest BCUT2D eigenvalue weighted by Crippen LogP contribution is 2.37. The van der Waals surface area contributed by atoms with Gasteiger partial charge in [0.25, 0.3) is 5.91 Å². The third-order valence-electron chi connectivity index (χ3n) is 2.52. The van der Waals surface area contributed by atoms with Crippen LogP contribution in [0.3, 0.4) is 0 Å². The first-order chi connectivity index (χ1) is 9.88. The van der Waals surface area contributed by atoms with Gasteiger partial charge in [-0.25, -0.2) is 4.79 Å². The average molecular weight is 360 g/mol. The third-order valence-corrected chi connectivity index (χ3v) is 3.10. The normalized spacial score (nSPS) is 11.6. The second-order valence-electron chi connectivity index (χ2n) is 4.16. The zero-order chi connectivity index (χ0) is 16.0. The number of hydrogen-bond acceptors (Lipinski definition) is 5. The summed E-state index contributed by atoms with van der Waals surface area (Å²) < 4.78 is 11.7. The molecule has 0 radical (unpaired) electrons. The number of ether oxygens (including phenoxy) is 2. The van der Waals surface area contributed by atoms with Crippen LogP contribution in [0.4, 0.5) is 4.79 Å². The maximum Gasteiger partial charge on any atom is 0.318 e. The van der Waals surface area contributed by atoms with Crippen LogP contribution in [0, 0.1) is 0 Å². The molecule has 1 atom stereocenters. The summed E-state index contributed by atoms with van der Waals surface area (Å²) in [5, 5.41) is 1.96. The van der Waals surface area contributed by atoms with E-state index in [1.54, 1.807) is 12.1 Å². The molecule has 0 saturated carbocycles. The summed E-state index contributed by atoms with van der Waals surface area (Å²) in [6.07, 6.45) is -0.920. The van der Waals surface area contributed by atoms with Crippen LogP contribution in [-0.2, 0) is 11.3 Å².